The van der Waals surface area contributed by atoms with Crippen LogP contribution in [0.15, 0.2) is 18.2 Å². The Kier molecular flexibility index (Phi) is 5.50. The van der Waals surface area contributed by atoms with Crippen molar-refractivity contribution < 1.29 is 8.95 Å². The van der Waals surface area contributed by atoms with Crippen LogP contribution in [0.4, 0.5) is 0 Å². The molecule has 1 rings (SSSR count). The second kappa shape index (κ2) is 6.35. The number of hydrogen-bond acceptors (Lipinski definition) is 3. The molecule has 1 aromatic carbocycles. The van der Waals surface area contributed by atoms with E-state index in [1.165, 1.54) is 11.8 Å². The predicted molar refractivity (Wildman–Crippen MR) is 91.1 cm³/mol. The molecule has 0 aliphatic heterocycles. The molecule has 4 heteroatoms. The van der Waals surface area contributed by atoms with Crippen LogP contribution in [-0.4, -0.2) is 14.8 Å². The van der Waals surface area contributed by atoms with Gasteiger partial charge in [-0.2, -0.15) is 0 Å². The van der Waals surface area contributed by atoms with Crippen LogP contribution in [0.1, 0.15) is 52.7 Å². The highest BCUT2D eigenvalue weighted by Crippen LogP contribution is 2.39. The van der Waals surface area contributed by atoms with E-state index in [0.717, 1.165) is 16.9 Å². The van der Waals surface area contributed by atoms with Gasteiger partial charge in [0.2, 0.25) is 0 Å². The van der Waals surface area contributed by atoms with Crippen LogP contribution in [-0.2, 0) is 22.1 Å². The summed E-state index contributed by atoms with van der Waals surface area (Å²) in [4.78, 5) is 0. The molecule has 0 heterocycles. The molecule has 112 valence electrons. The van der Waals surface area contributed by atoms with Gasteiger partial charge in [0, 0.05) is 11.1 Å². The maximum Gasteiger partial charge on any atom is 0.254 e. The highest BCUT2D eigenvalue weighted by Gasteiger charge is 2.27. The number of rotatable bonds is 1. The fourth-order valence-electron chi connectivity index (χ4n) is 2.00. The second-order valence-corrected chi connectivity index (χ2v) is 8.40. The van der Waals surface area contributed by atoms with Gasteiger partial charge in [-0.15, -0.1) is 0 Å². The van der Waals surface area contributed by atoms with E-state index in [-0.39, 0.29) is 10.8 Å². The van der Waals surface area contributed by atoms with Gasteiger partial charge in [0.1, 0.15) is 17.0 Å². The van der Waals surface area contributed by atoms with Gasteiger partial charge in [0.25, 0.3) is 4.38 Å². The average molecular weight is 312 g/mol. The van der Waals surface area contributed by atoms with Crippen LogP contribution in [0, 0.1) is 0 Å². The first-order valence-electron chi connectivity index (χ1n) is 6.64. The van der Waals surface area contributed by atoms with Gasteiger partial charge in [0.05, 0.1) is 0 Å². The van der Waals surface area contributed by atoms with Crippen molar-refractivity contribution in [1.29, 1.82) is 0 Å². The molecule has 0 aliphatic rings. The van der Waals surface area contributed by atoms with E-state index in [1.54, 1.807) is 0 Å². The van der Waals surface area contributed by atoms with Crippen LogP contribution in [0.5, 0.6) is 5.75 Å². The third-order valence-electron chi connectivity index (χ3n) is 3.05. The first-order valence-corrected chi connectivity index (χ1v) is 8.60. The minimum atomic E-state index is -0.0341. The number of thioether (sulfide) groups is 1. The molecule has 0 radical (unpaired) electrons. The van der Waals surface area contributed by atoms with Crippen LogP contribution >= 0.6 is 11.8 Å². The van der Waals surface area contributed by atoms with Crippen LogP contribution in [0.2, 0.25) is 0 Å². The Morgan fingerprint density at radius 3 is 1.75 bits per heavy atom. The zero-order chi connectivity index (χ0) is 15.6. The number of hydrogen-bond donors (Lipinski definition) is 0. The van der Waals surface area contributed by atoms with Gasteiger partial charge in [0.15, 0.2) is 0 Å². The molecule has 0 spiro atoms. The standard InChI is InChI=1S/C16H24O2S2/c1-15(2,3)11-9-8-10-12(16(4,5)6)13(11)18-14(19-7)20-17/h8-10H,1-7H3. The third kappa shape index (κ3) is 4.13. The van der Waals surface area contributed by atoms with Gasteiger partial charge in [-0.25, -0.2) is 4.21 Å². The smallest absolute Gasteiger partial charge is 0.254 e. The highest BCUT2D eigenvalue weighted by atomic mass is 32.2. The second-order valence-electron chi connectivity index (χ2n) is 6.82. The summed E-state index contributed by atoms with van der Waals surface area (Å²) in [6.07, 6.45) is 1.86. The van der Waals surface area contributed by atoms with Crippen molar-refractivity contribution in [2.75, 3.05) is 6.26 Å². The fourth-order valence-corrected chi connectivity index (χ4v) is 2.56. The van der Waals surface area contributed by atoms with Crippen molar-refractivity contribution in [3.8, 4) is 5.75 Å². The summed E-state index contributed by atoms with van der Waals surface area (Å²) in [5.74, 6) is 0.834. The SMILES string of the molecule is CSC(Oc1c(C(C)(C)C)cccc1C(C)(C)C)=S=O. The molecule has 0 amide bonds. The maximum absolute atomic E-state index is 11.1. The van der Waals surface area contributed by atoms with E-state index in [9.17, 15) is 4.21 Å². The molecule has 0 saturated carbocycles. The molecular formula is C16H24O2S2. The topological polar surface area (TPSA) is 26.3 Å². The summed E-state index contributed by atoms with van der Waals surface area (Å²) >= 11 is 1.76. The zero-order valence-electron chi connectivity index (χ0n) is 13.4. The number of para-hydroxylation sites is 1. The summed E-state index contributed by atoms with van der Waals surface area (Å²) in [7, 11) is 0. The van der Waals surface area contributed by atoms with E-state index in [1.807, 2.05) is 6.26 Å². The van der Waals surface area contributed by atoms with Gasteiger partial charge in [-0.05, 0) is 17.1 Å². The van der Waals surface area contributed by atoms with E-state index in [0.29, 0.717) is 15.6 Å². The zero-order valence-corrected chi connectivity index (χ0v) is 15.0. The molecule has 0 fully saturated rings. The first kappa shape index (κ1) is 17.3. The van der Waals surface area contributed by atoms with Crippen molar-refractivity contribution >= 4 is 27.4 Å². The Balaban J connectivity index is 3.53. The summed E-state index contributed by atoms with van der Waals surface area (Å²) in [6, 6.07) is 6.23. The molecule has 0 atom stereocenters. The molecule has 0 bridgehead atoms. The molecule has 0 N–H and O–H groups in total. The lowest BCUT2D eigenvalue weighted by Crippen LogP contribution is -2.20. The summed E-state index contributed by atoms with van der Waals surface area (Å²) < 4.78 is 17.5. The fraction of sp³-hybridized carbons (Fsp3) is 0.562. The minimum Gasteiger partial charge on any atom is -0.437 e. The lowest BCUT2D eigenvalue weighted by Gasteiger charge is -2.29. The first-order chi connectivity index (χ1) is 9.11. The maximum atomic E-state index is 11.1. The van der Waals surface area contributed by atoms with E-state index < -0.39 is 0 Å². The van der Waals surface area contributed by atoms with Gasteiger partial charge < -0.3 is 4.74 Å². The summed E-state index contributed by atoms with van der Waals surface area (Å²) in [5.41, 5.74) is 2.19. The predicted octanol–water partition coefficient (Wildman–Crippen LogP) is 4.32. The normalized spacial score (nSPS) is 12.2. The van der Waals surface area contributed by atoms with Crippen molar-refractivity contribution in [3.63, 3.8) is 0 Å². The van der Waals surface area contributed by atoms with Crippen molar-refractivity contribution in [3.05, 3.63) is 29.3 Å². The Morgan fingerprint density at radius 1 is 1.00 bits per heavy atom. The Labute approximate surface area is 130 Å². The van der Waals surface area contributed by atoms with E-state index in [2.05, 4.69) is 59.7 Å². The Morgan fingerprint density at radius 2 is 1.45 bits per heavy atom. The summed E-state index contributed by atoms with van der Waals surface area (Å²) in [5, 5.41) is 0. The van der Waals surface area contributed by atoms with Gasteiger partial charge in [-0.3, -0.25) is 0 Å². The lowest BCUT2D eigenvalue weighted by molar-refractivity contribution is 0.486. The van der Waals surface area contributed by atoms with Crippen molar-refractivity contribution in [2.24, 2.45) is 0 Å². The summed E-state index contributed by atoms with van der Waals surface area (Å²) in [6.45, 7) is 12.9. The molecule has 0 aliphatic carbocycles. The van der Waals surface area contributed by atoms with E-state index in [4.69, 9.17) is 4.74 Å². The molecule has 0 aromatic heterocycles. The Hall–Kier alpha value is -0.740. The highest BCUT2D eigenvalue weighted by molar-refractivity contribution is 8.20. The minimum absolute atomic E-state index is 0.0341. The van der Waals surface area contributed by atoms with Gasteiger partial charge >= 0.3 is 0 Å². The third-order valence-corrected chi connectivity index (χ3v) is 4.39. The Bertz CT molecular complexity index is 498. The largest absolute Gasteiger partial charge is 0.437 e. The van der Waals surface area contributed by atoms with Crippen molar-refractivity contribution in [2.45, 2.75) is 52.4 Å². The van der Waals surface area contributed by atoms with Gasteiger partial charge in [-0.1, -0.05) is 71.5 Å². The molecule has 1 aromatic rings. The van der Waals surface area contributed by atoms with E-state index >= 15 is 0 Å². The quantitative estimate of drug-likeness (QED) is 0.722. The average Bonchev–Trinajstić information content (AvgIpc) is 2.33. The van der Waals surface area contributed by atoms with Crippen LogP contribution < -0.4 is 4.74 Å². The molecule has 20 heavy (non-hydrogen) atoms. The monoisotopic (exact) mass is 312 g/mol. The molecule has 2 nitrogen and oxygen atoms in total. The number of benzene rings is 1. The van der Waals surface area contributed by atoms with Crippen LogP contribution in [0.25, 0.3) is 0 Å². The molecule has 0 saturated heterocycles. The molecule has 0 unspecified atom stereocenters. The number of ether oxygens (including phenoxy) is 1. The van der Waals surface area contributed by atoms with Crippen molar-refractivity contribution in [1.82, 2.24) is 0 Å². The molecular weight excluding hydrogens is 288 g/mol. The van der Waals surface area contributed by atoms with Crippen LogP contribution in [0.3, 0.4) is 0 Å². The lowest BCUT2D eigenvalue weighted by atomic mass is 9.79.